The Balaban J connectivity index is 0.000000682. The van der Waals surface area contributed by atoms with E-state index >= 15 is 0 Å². The molecular weight excluding hydrogens is 647 g/mol. The molecule has 4 aromatic carbocycles. The van der Waals surface area contributed by atoms with E-state index in [-0.39, 0.29) is 30.2 Å². The Bertz CT molecular complexity index is 1210. The van der Waals surface area contributed by atoms with E-state index in [0.29, 0.717) is 0 Å². The van der Waals surface area contributed by atoms with Gasteiger partial charge in [0.25, 0.3) is 0 Å². The van der Waals surface area contributed by atoms with Crippen molar-refractivity contribution in [2.45, 2.75) is 132 Å². The van der Waals surface area contributed by atoms with Crippen LogP contribution < -0.4 is 24.8 Å². The first-order chi connectivity index (χ1) is 19.3. The molecule has 0 atom stereocenters. The van der Waals surface area contributed by atoms with Gasteiger partial charge in [0.15, 0.2) is 0 Å². The van der Waals surface area contributed by atoms with E-state index in [1.54, 1.807) is 34.5 Å². The zero-order chi connectivity index (χ0) is 29.5. The Hall–Kier alpha value is -0.660. The van der Waals surface area contributed by atoms with E-state index < -0.39 is 0 Å². The molecule has 4 heteroatoms. The third-order valence-corrected chi connectivity index (χ3v) is 7.25. The first kappa shape index (κ1) is 41.3. The molecule has 0 aliphatic carbocycles. The summed E-state index contributed by atoms with van der Waals surface area (Å²) in [4.78, 5) is 0. The molecule has 0 N–H and O–H groups in total. The number of benzene rings is 2. The minimum atomic E-state index is 0. The Kier molecular flexibility index (Phi) is 22.4. The van der Waals surface area contributed by atoms with Crippen LogP contribution in [0, 0.1) is 0 Å². The molecular formula is C38H56Cl2SiZr-2. The van der Waals surface area contributed by atoms with Crippen LogP contribution >= 0.6 is 0 Å². The number of halogens is 2. The maximum atomic E-state index is 2.44. The molecule has 42 heavy (non-hydrogen) atoms. The first-order valence-corrected chi connectivity index (χ1v) is 22.4. The fourth-order valence-corrected chi connectivity index (χ4v) is 5.74. The summed E-state index contributed by atoms with van der Waals surface area (Å²) in [5.41, 5.74) is 9.38. The zero-order valence-corrected chi connectivity index (χ0v) is 32.8. The van der Waals surface area contributed by atoms with Crippen molar-refractivity contribution < 1.29 is 48.1 Å². The van der Waals surface area contributed by atoms with E-state index in [0.717, 1.165) is 0 Å². The minimum absolute atomic E-state index is 0. The van der Waals surface area contributed by atoms with Gasteiger partial charge in [-0.2, -0.15) is 12.1 Å². The molecule has 0 aromatic heterocycles. The smallest absolute Gasteiger partial charge is 1.00 e. The number of hydrogen-bond donors (Lipinski definition) is 0. The van der Waals surface area contributed by atoms with Crippen molar-refractivity contribution in [1.82, 2.24) is 0 Å². The Labute approximate surface area is 286 Å². The van der Waals surface area contributed by atoms with Gasteiger partial charge in [0, 0.05) is 0 Å². The topological polar surface area (TPSA) is 0 Å². The second kappa shape index (κ2) is 22.8. The summed E-state index contributed by atoms with van der Waals surface area (Å²) in [7, 11) is 0. The third kappa shape index (κ3) is 13.5. The van der Waals surface area contributed by atoms with Crippen molar-refractivity contribution in [3.8, 4) is 0 Å². The van der Waals surface area contributed by atoms with E-state index in [1.807, 2.05) is 0 Å². The molecule has 0 bridgehead atoms. The molecule has 0 heterocycles. The van der Waals surface area contributed by atoms with Crippen LogP contribution in [0.1, 0.15) is 113 Å². The molecule has 4 rings (SSSR count). The Morgan fingerprint density at radius 2 is 0.810 bits per heavy atom. The van der Waals surface area contributed by atoms with Crippen LogP contribution in [-0.4, -0.2) is 5.43 Å². The van der Waals surface area contributed by atoms with Crippen LogP contribution in [0.15, 0.2) is 48.5 Å². The van der Waals surface area contributed by atoms with Crippen LogP contribution in [0.5, 0.6) is 0 Å². The maximum Gasteiger partial charge on any atom is -1.00 e. The fourth-order valence-electron chi connectivity index (χ4n) is 5.74. The summed E-state index contributed by atoms with van der Waals surface area (Å²) in [6.45, 7) is 18.2. The van der Waals surface area contributed by atoms with Crippen molar-refractivity contribution in [2.24, 2.45) is 0 Å². The van der Waals surface area contributed by atoms with Gasteiger partial charge in [-0.15, -0.1) is 56.9 Å². The van der Waals surface area contributed by atoms with Crippen LogP contribution in [-0.2, 0) is 61.9 Å². The number of fused-ring (bicyclic) bond motifs is 2. The molecule has 232 valence electrons. The minimum Gasteiger partial charge on any atom is -1.00 e. The van der Waals surface area contributed by atoms with Gasteiger partial charge in [0.1, 0.15) is 0 Å². The summed E-state index contributed by atoms with van der Waals surface area (Å²) in [5.74, 6) is 0. The van der Waals surface area contributed by atoms with Crippen molar-refractivity contribution in [3.63, 3.8) is 0 Å². The molecule has 0 unspecified atom stereocenters. The van der Waals surface area contributed by atoms with Gasteiger partial charge in [-0.25, -0.2) is 0 Å². The van der Waals surface area contributed by atoms with Gasteiger partial charge in [-0.1, -0.05) is 114 Å². The van der Waals surface area contributed by atoms with Gasteiger partial charge in [-0.05, 0) is 38.5 Å². The Morgan fingerprint density at radius 3 is 1.10 bits per heavy atom. The molecule has 0 aliphatic heterocycles. The molecule has 0 saturated heterocycles. The quantitative estimate of drug-likeness (QED) is 0.133. The Morgan fingerprint density at radius 1 is 0.500 bits per heavy atom. The fraction of sp³-hybridized carbons (Fsp3) is 0.526. The van der Waals surface area contributed by atoms with E-state index in [9.17, 15) is 0 Å². The third-order valence-electron chi connectivity index (χ3n) is 7.25. The van der Waals surface area contributed by atoms with Gasteiger partial charge >= 0.3 is 41.9 Å². The predicted molar refractivity (Wildman–Crippen MR) is 181 cm³/mol. The average Bonchev–Trinajstić information content (AvgIpc) is 3.49. The van der Waals surface area contributed by atoms with Gasteiger partial charge < -0.3 is 24.8 Å². The number of aryl methyl sites for hydroxylation is 6. The van der Waals surface area contributed by atoms with E-state index in [4.69, 9.17) is 0 Å². The van der Waals surface area contributed by atoms with E-state index in [1.165, 1.54) is 121 Å². The summed E-state index contributed by atoms with van der Waals surface area (Å²) >= 11 is 1.74. The molecule has 0 radical (unpaired) electrons. The second-order valence-electron chi connectivity index (χ2n) is 11.7. The average molecular weight is 703 g/mol. The molecule has 0 amide bonds. The normalized spacial score (nSPS) is 10.3. The largest absolute Gasteiger partial charge is 1.00 e. The van der Waals surface area contributed by atoms with Crippen LogP contribution in [0.4, 0.5) is 0 Å². The molecule has 0 saturated carbocycles. The summed E-state index contributed by atoms with van der Waals surface area (Å²) in [6, 6.07) is 19.3. The van der Waals surface area contributed by atoms with Crippen molar-refractivity contribution in [3.05, 3.63) is 81.9 Å². The van der Waals surface area contributed by atoms with Gasteiger partial charge in [0.2, 0.25) is 0 Å². The second-order valence-corrected chi connectivity index (χ2v) is 21.1. The first-order valence-electron chi connectivity index (χ1n) is 16.2. The van der Waals surface area contributed by atoms with Crippen LogP contribution in [0.2, 0.25) is 13.1 Å². The van der Waals surface area contributed by atoms with Crippen LogP contribution in [0.3, 0.4) is 0 Å². The number of rotatable bonds is 12. The molecule has 0 fully saturated rings. The molecule has 0 nitrogen and oxygen atoms in total. The predicted octanol–water partition coefficient (Wildman–Crippen LogP) is 5.62. The summed E-state index contributed by atoms with van der Waals surface area (Å²) < 4.78 is 0. The molecule has 0 spiro atoms. The standard InChI is InChI=1S/2C18H25.C2H6Si.2ClH.Zr/c2*1-4-7-14-10-16(9-6-3)18-13-15(8-5-2)12-17(18)11-14;1-3-2;;;/h2*10-13H,4-9H2,1-3H3;1-2H3;2*1H;/q2*-1;;;;+2/p-2. The van der Waals surface area contributed by atoms with Crippen molar-refractivity contribution in [2.75, 3.05) is 0 Å². The number of hydrogen-bond acceptors (Lipinski definition) is 0. The van der Waals surface area contributed by atoms with Crippen molar-refractivity contribution >= 4 is 27.0 Å². The zero-order valence-electron chi connectivity index (χ0n) is 27.9. The monoisotopic (exact) mass is 700 g/mol. The van der Waals surface area contributed by atoms with Crippen LogP contribution in [0.25, 0.3) is 21.5 Å². The van der Waals surface area contributed by atoms with E-state index in [2.05, 4.69) is 103 Å². The van der Waals surface area contributed by atoms with Gasteiger partial charge in [-0.3, -0.25) is 0 Å². The molecule has 0 aliphatic rings. The maximum absolute atomic E-state index is 2.44. The summed E-state index contributed by atoms with van der Waals surface area (Å²) in [5, 5.41) is 5.93. The molecule has 4 aromatic rings. The van der Waals surface area contributed by atoms with Gasteiger partial charge in [0.05, 0.1) is 0 Å². The van der Waals surface area contributed by atoms with Crippen molar-refractivity contribution in [1.29, 1.82) is 0 Å². The summed E-state index contributed by atoms with van der Waals surface area (Å²) in [6.07, 6.45) is 14.7. The SMILES string of the molecule is CCCc1cc(CCC)c2cc(CCC)[cH-]c2c1.CCCc1cc(CCC)c2cc(CCC)[cH-]c2c1.C[Si](C)=[Zr+2].[Cl-].[Cl-].